The fourth-order valence-corrected chi connectivity index (χ4v) is 2.75. The molecule has 0 saturated carbocycles. The summed E-state index contributed by atoms with van der Waals surface area (Å²) in [4.78, 5) is 37.1. The molecular formula is C20H36O7. The second-order valence-corrected chi connectivity index (χ2v) is 6.59. The van der Waals surface area contributed by atoms with Gasteiger partial charge in [-0.05, 0) is 26.2 Å². The van der Waals surface area contributed by atoms with E-state index in [1.807, 2.05) is 20.8 Å². The van der Waals surface area contributed by atoms with E-state index in [4.69, 9.17) is 14.2 Å². The SMILES string of the molecule is CCCCOC(=O)C(CCCC)C(CC(=O)OCC)(OCCCC)C(=O)O. The number of carboxylic acids is 1. The number of unbranched alkanes of at least 4 members (excludes halogenated alkanes) is 3. The van der Waals surface area contributed by atoms with Crippen molar-refractivity contribution >= 4 is 17.9 Å². The van der Waals surface area contributed by atoms with Crippen LogP contribution in [0.25, 0.3) is 0 Å². The van der Waals surface area contributed by atoms with Gasteiger partial charge in [-0.3, -0.25) is 9.59 Å². The Kier molecular flexibility index (Phi) is 13.6. The van der Waals surface area contributed by atoms with Crippen LogP contribution < -0.4 is 0 Å². The third-order valence-electron chi connectivity index (χ3n) is 4.37. The zero-order valence-corrected chi connectivity index (χ0v) is 17.3. The summed E-state index contributed by atoms with van der Waals surface area (Å²) < 4.78 is 16.0. The Hall–Kier alpha value is -1.63. The van der Waals surface area contributed by atoms with E-state index in [2.05, 4.69) is 0 Å². The summed E-state index contributed by atoms with van der Waals surface area (Å²) in [5.74, 6) is -3.72. The molecule has 7 nitrogen and oxygen atoms in total. The zero-order chi connectivity index (χ0) is 20.7. The highest BCUT2D eigenvalue weighted by Crippen LogP contribution is 2.33. The second kappa shape index (κ2) is 14.4. The van der Waals surface area contributed by atoms with Gasteiger partial charge in [-0.2, -0.15) is 0 Å². The van der Waals surface area contributed by atoms with E-state index in [0.717, 1.165) is 19.3 Å². The number of carbonyl (C=O) groups is 3. The lowest BCUT2D eigenvalue weighted by Crippen LogP contribution is -2.53. The van der Waals surface area contributed by atoms with Gasteiger partial charge >= 0.3 is 17.9 Å². The van der Waals surface area contributed by atoms with Gasteiger partial charge < -0.3 is 19.3 Å². The van der Waals surface area contributed by atoms with Crippen LogP contribution in [0.5, 0.6) is 0 Å². The molecule has 1 N–H and O–H groups in total. The molecule has 0 saturated heterocycles. The van der Waals surface area contributed by atoms with Gasteiger partial charge in [-0.15, -0.1) is 0 Å². The molecule has 7 heteroatoms. The van der Waals surface area contributed by atoms with Crippen LogP contribution in [0.2, 0.25) is 0 Å². The summed E-state index contributed by atoms with van der Waals surface area (Å²) in [5.41, 5.74) is -1.97. The minimum absolute atomic E-state index is 0.129. The Morgan fingerprint density at radius 2 is 1.48 bits per heavy atom. The zero-order valence-electron chi connectivity index (χ0n) is 17.3. The predicted molar refractivity (Wildman–Crippen MR) is 101 cm³/mol. The van der Waals surface area contributed by atoms with Crippen LogP contribution in [0.3, 0.4) is 0 Å². The summed E-state index contributed by atoms with van der Waals surface area (Å²) in [7, 11) is 0. The number of hydrogen-bond acceptors (Lipinski definition) is 6. The highest BCUT2D eigenvalue weighted by Gasteiger charge is 2.53. The van der Waals surface area contributed by atoms with E-state index >= 15 is 0 Å². The van der Waals surface area contributed by atoms with Gasteiger partial charge in [-0.1, -0.05) is 46.5 Å². The minimum Gasteiger partial charge on any atom is -0.479 e. The summed E-state index contributed by atoms with van der Waals surface area (Å²) in [6.07, 6.45) is 4.15. The van der Waals surface area contributed by atoms with Gasteiger partial charge in [0.05, 0.1) is 25.6 Å². The molecule has 0 aliphatic rings. The molecule has 0 heterocycles. The van der Waals surface area contributed by atoms with Gasteiger partial charge in [-0.25, -0.2) is 4.79 Å². The summed E-state index contributed by atoms with van der Waals surface area (Å²) >= 11 is 0. The molecule has 158 valence electrons. The van der Waals surface area contributed by atoms with E-state index in [9.17, 15) is 19.5 Å². The maximum atomic E-state index is 12.7. The average molecular weight is 389 g/mol. The van der Waals surface area contributed by atoms with Crippen molar-refractivity contribution in [2.45, 2.75) is 84.7 Å². The quantitative estimate of drug-likeness (QED) is 0.318. The molecule has 0 bridgehead atoms. The molecule has 0 aromatic rings. The molecule has 27 heavy (non-hydrogen) atoms. The van der Waals surface area contributed by atoms with Crippen LogP contribution in [0.15, 0.2) is 0 Å². The first-order valence-corrected chi connectivity index (χ1v) is 10.1. The summed E-state index contributed by atoms with van der Waals surface area (Å²) in [6.45, 7) is 8.01. The molecule has 0 aromatic carbocycles. The molecule has 0 amide bonds. The number of rotatable bonds is 16. The molecule has 2 atom stereocenters. The number of esters is 2. The van der Waals surface area contributed by atoms with E-state index in [1.165, 1.54) is 0 Å². The Balaban J connectivity index is 5.76. The lowest BCUT2D eigenvalue weighted by Gasteiger charge is -2.35. The molecule has 0 fully saturated rings. The van der Waals surface area contributed by atoms with Crippen molar-refractivity contribution < 1.29 is 33.7 Å². The standard InChI is InChI=1S/C20H36O7/c1-5-9-12-16(18(22)26-13-10-6-2)20(19(23)24,27-14-11-7-3)15-17(21)25-8-4/h16H,5-15H2,1-4H3,(H,23,24). The van der Waals surface area contributed by atoms with Crippen molar-refractivity contribution in [3.63, 3.8) is 0 Å². The van der Waals surface area contributed by atoms with Crippen LogP contribution in [0.4, 0.5) is 0 Å². The topological polar surface area (TPSA) is 99.1 Å². The number of ether oxygens (including phenoxy) is 3. The molecule has 2 unspecified atom stereocenters. The maximum Gasteiger partial charge on any atom is 0.337 e. The first-order chi connectivity index (χ1) is 12.9. The van der Waals surface area contributed by atoms with Gasteiger partial charge in [0.15, 0.2) is 5.60 Å². The number of carboxylic acid groups (broad SMARTS) is 1. The van der Waals surface area contributed by atoms with Crippen molar-refractivity contribution in [1.82, 2.24) is 0 Å². The second-order valence-electron chi connectivity index (χ2n) is 6.59. The molecule has 0 aromatic heterocycles. The average Bonchev–Trinajstić information content (AvgIpc) is 2.62. The first kappa shape index (κ1) is 25.4. The molecule has 0 aliphatic carbocycles. The van der Waals surface area contributed by atoms with Crippen LogP contribution in [-0.4, -0.2) is 48.4 Å². The Labute approximate surface area is 162 Å². The maximum absolute atomic E-state index is 12.7. The van der Waals surface area contributed by atoms with Crippen LogP contribution in [-0.2, 0) is 28.6 Å². The monoisotopic (exact) mass is 388 g/mol. The first-order valence-electron chi connectivity index (χ1n) is 10.1. The minimum atomic E-state index is -1.97. The normalized spacial score (nSPS) is 14.2. The van der Waals surface area contributed by atoms with Crippen LogP contribution in [0, 0.1) is 5.92 Å². The van der Waals surface area contributed by atoms with Crippen molar-refractivity contribution in [1.29, 1.82) is 0 Å². The highest BCUT2D eigenvalue weighted by atomic mass is 16.6. The Morgan fingerprint density at radius 1 is 0.889 bits per heavy atom. The number of carbonyl (C=O) groups excluding carboxylic acids is 2. The molecular weight excluding hydrogens is 352 g/mol. The van der Waals surface area contributed by atoms with Gasteiger partial charge in [0, 0.05) is 6.61 Å². The summed E-state index contributed by atoms with van der Waals surface area (Å²) in [5, 5.41) is 9.99. The third-order valence-corrected chi connectivity index (χ3v) is 4.37. The van der Waals surface area contributed by atoms with Gasteiger partial charge in [0.1, 0.15) is 0 Å². The van der Waals surface area contributed by atoms with E-state index in [-0.39, 0.29) is 26.2 Å². The summed E-state index contributed by atoms with van der Waals surface area (Å²) in [6, 6.07) is 0. The fraction of sp³-hybridized carbons (Fsp3) is 0.850. The van der Waals surface area contributed by atoms with Crippen LogP contribution in [0.1, 0.15) is 79.1 Å². The predicted octanol–water partition coefficient (Wildman–Crippen LogP) is 3.73. The molecule has 0 radical (unpaired) electrons. The molecule has 0 aliphatic heterocycles. The lowest BCUT2D eigenvalue weighted by atomic mass is 9.80. The lowest BCUT2D eigenvalue weighted by molar-refractivity contribution is -0.192. The van der Waals surface area contributed by atoms with Crippen molar-refractivity contribution in [3.8, 4) is 0 Å². The Morgan fingerprint density at radius 3 is 2.00 bits per heavy atom. The van der Waals surface area contributed by atoms with E-state index in [1.54, 1.807) is 6.92 Å². The smallest absolute Gasteiger partial charge is 0.337 e. The van der Waals surface area contributed by atoms with E-state index < -0.39 is 35.8 Å². The fourth-order valence-electron chi connectivity index (χ4n) is 2.75. The molecule has 0 spiro atoms. The van der Waals surface area contributed by atoms with Gasteiger partial charge in [0.25, 0.3) is 0 Å². The number of hydrogen-bond donors (Lipinski definition) is 1. The third kappa shape index (κ3) is 8.73. The Bertz CT molecular complexity index is 450. The highest BCUT2D eigenvalue weighted by molar-refractivity contribution is 5.90. The van der Waals surface area contributed by atoms with Crippen molar-refractivity contribution in [2.24, 2.45) is 5.92 Å². The largest absolute Gasteiger partial charge is 0.479 e. The van der Waals surface area contributed by atoms with Crippen LogP contribution >= 0.6 is 0 Å². The molecule has 0 rings (SSSR count). The number of aliphatic carboxylic acids is 1. The van der Waals surface area contributed by atoms with Gasteiger partial charge in [0.2, 0.25) is 0 Å². The van der Waals surface area contributed by atoms with E-state index in [0.29, 0.717) is 19.3 Å². The van der Waals surface area contributed by atoms with Crippen molar-refractivity contribution in [3.05, 3.63) is 0 Å². The van der Waals surface area contributed by atoms with Crippen molar-refractivity contribution in [2.75, 3.05) is 19.8 Å².